The topological polar surface area (TPSA) is 83.8 Å². The van der Waals surface area contributed by atoms with Gasteiger partial charge < -0.3 is 14.7 Å². The maximum atomic E-state index is 12.9. The van der Waals surface area contributed by atoms with Gasteiger partial charge in [-0.15, -0.1) is 10.2 Å². The fourth-order valence-corrected chi connectivity index (χ4v) is 3.95. The third-order valence-corrected chi connectivity index (χ3v) is 5.95. The summed E-state index contributed by atoms with van der Waals surface area (Å²) in [7, 11) is 0. The minimum Gasteiger partial charge on any atom is -0.423 e. The summed E-state index contributed by atoms with van der Waals surface area (Å²) in [6.45, 7) is 6.39. The smallest absolute Gasteiger partial charge is 0.416 e. The number of H-pyrrole nitrogens is 1. The largest absolute Gasteiger partial charge is 0.423 e. The number of hydrogen-bond acceptors (Lipinski definition) is 4. The predicted octanol–water partition coefficient (Wildman–Crippen LogP) is 6.19. The van der Waals surface area contributed by atoms with Gasteiger partial charge in [0.2, 0.25) is 17.7 Å². The van der Waals surface area contributed by atoms with Crippen molar-refractivity contribution in [2.75, 3.05) is 0 Å². The number of aromatic amines is 1. The Hall–Kier alpha value is -3.62. The van der Waals surface area contributed by atoms with Crippen molar-refractivity contribution in [3.63, 3.8) is 0 Å². The van der Waals surface area contributed by atoms with Gasteiger partial charge in [0.15, 0.2) is 0 Å². The number of aromatic nitrogens is 3. The van der Waals surface area contributed by atoms with E-state index in [4.69, 9.17) is 4.42 Å². The number of nitrogens with one attached hydrogen (secondary N) is 2. The maximum absolute atomic E-state index is 12.9. The van der Waals surface area contributed by atoms with Gasteiger partial charge >= 0.3 is 6.18 Å². The summed E-state index contributed by atoms with van der Waals surface area (Å²) in [6.07, 6.45) is -0.723. The second kappa shape index (κ2) is 10.2. The Morgan fingerprint density at radius 3 is 2.47 bits per heavy atom. The van der Waals surface area contributed by atoms with Gasteiger partial charge in [-0.3, -0.25) is 4.79 Å². The molecule has 36 heavy (non-hydrogen) atoms. The van der Waals surface area contributed by atoms with Gasteiger partial charge in [0.05, 0.1) is 12.0 Å². The van der Waals surface area contributed by atoms with Crippen molar-refractivity contribution in [1.82, 2.24) is 20.5 Å². The molecular weight excluding hydrogens is 469 g/mol. The molecule has 2 N–H and O–H groups in total. The number of nitrogens with zero attached hydrogens (tertiary/aromatic N) is 2. The van der Waals surface area contributed by atoms with Gasteiger partial charge in [-0.05, 0) is 41.2 Å². The number of rotatable bonds is 8. The molecule has 0 radical (unpaired) electrons. The number of benzene rings is 2. The minimum atomic E-state index is -4.42. The Morgan fingerprint density at radius 1 is 1.06 bits per heavy atom. The van der Waals surface area contributed by atoms with Gasteiger partial charge in [0.1, 0.15) is 6.04 Å². The average Bonchev–Trinajstić information content (AvgIpc) is 3.44. The lowest BCUT2D eigenvalue weighted by atomic mass is 9.91. The zero-order valence-electron chi connectivity index (χ0n) is 20.4. The van der Waals surface area contributed by atoms with Crippen molar-refractivity contribution >= 4 is 16.8 Å². The lowest BCUT2D eigenvalue weighted by molar-refractivity contribution is -0.137. The molecule has 1 unspecified atom stereocenters. The zero-order chi connectivity index (χ0) is 25.9. The van der Waals surface area contributed by atoms with E-state index >= 15 is 0 Å². The van der Waals surface area contributed by atoms with E-state index < -0.39 is 17.8 Å². The Labute approximate surface area is 207 Å². The number of fused-ring (bicyclic) bond motifs is 1. The Bertz CT molecular complexity index is 1320. The van der Waals surface area contributed by atoms with E-state index in [-0.39, 0.29) is 17.7 Å². The molecule has 0 saturated heterocycles. The highest BCUT2D eigenvalue weighted by Crippen LogP contribution is 2.29. The van der Waals surface area contributed by atoms with Crippen LogP contribution < -0.4 is 5.32 Å². The summed E-state index contributed by atoms with van der Waals surface area (Å²) in [5.74, 6) is 0.444. The van der Waals surface area contributed by atoms with Crippen LogP contribution in [0, 0.1) is 5.41 Å². The first-order chi connectivity index (χ1) is 17.0. The molecule has 0 aliphatic carbocycles. The third-order valence-electron chi connectivity index (χ3n) is 5.95. The molecule has 0 fully saturated rings. The molecule has 0 saturated carbocycles. The summed E-state index contributed by atoms with van der Waals surface area (Å²) in [6, 6.07) is 11.8. The maximum Gasteiger partial charge on any atom is 0.416 e. The van der Waals surface area contributed by atoms with Crippen LogP contribution in [-0.2, 0) is 30.2 Å². The average molecular weight is 499 g/mol. The lowest BCUT2D eigenvalue weighted by Gasteiger charge is -2.16. The number of halogens is 3. The Balaban J connectivity index is 1.53. The summed E-state index contributed by atoms with van der Waals surface area (Å²) < 4.78 is 44.5. The molecule has 6 nitrogen and oxygen atoms in total. The molecule has 2 heterocycles. The second-order valence-electron chi connectivity index (χ2n) is 10.1. The summed E-state index contributed by atoms with van der Waals surface area (Å²) >= 11 is 0. The molecule has 0 bridgehead atoms. The first-order valence-electron chi connectivity index (χ1n) is 11.8. The van der Waals surface area contributed by atoms with Crippen LogP contribution in [-0.4, -0.2) is 21.1 Å². The van der Waals surface area contributed by atoms with Crippen LogP contribution in [0.2, 0.25) is 0 Å². The Morgan fingerprint density at radius 2 is 1.78 bits per heavy atom. The van der Waals surface area contributed by atoms with Crippen molar-refractivity contribution in [1.29, 1.82) is 0 Å². The summed E-state index contributed by atoms with van der Waals surface area (Å²) in [4.78, 5) is 16.1. The number of carbonyl (C=O) groups is 1. The molecule has 4 aromatic rings. The van der Waals surface area contributed by atoms with Gasteiger partial charge in [-0.2, -0.15) is 13.2 Å². The van der Waals surface area contributed by atoms with Crippen molar-refractivity contribution in [3.05, 3.63) is 83.2 Å². The number of alkyl halides is 3. The van der Waals surface area contributed by atoms with Crippen LogP contribution in [0.15, 0.2) is 59.1 Å². The molecule has 190 valence electrons. The van der Waals surface area contributed by atoms with E-state index in [1.165, 1.54) is 12.1 Å². The fourth-order valence-electron chi connectivity index (χ4n) is 3.95. The van der Waals surface area contributed by atoms with Crippen molar-refractivity contribution in [3.8, 4) is 0 Å². The Kier molecular flexibility index (Phi) is 7.19. The quantitative estimate of drug-likeness (QED) is 0.303. The number of amides is 1. The molecule has 1 atom stereocenters. The summed E-state index contributed by atoms with van der Waals surface area (Å²) in [5, 5.41) is 12.3. The van der Waals surface area contributed by atoms with Crippen LogP contribution in [0.5, 0.6) is 0 Å². The van der Waals surface area contributed by atoms with Crippen LogP contribution in [0.4, 0.5) is 13.2 Å². The number of hydrogen-bond donors (Lipinski definition) is 2. The van der Waals surface area contributed by atoms with Crippen molar-refractivity contribution in [2.24, 2.45) is 5.41 Å². The van der Waals surface area contributed by atoms with E-state index in [1.807, 2.05) is 30.5 Å². The first-order valence-corrected chi connectivity index (χ1v) is 11.8. The van der Waals surface area contributed by atoms with E-state index in [0.29, 0.717) is 30.2 Å². The molecule has 4 rings (SSSR count). The molecule has 0 spiro atoms. The molecule has 9 heteroatoms. The highest BCUT2D eigenvalue weighted by molar-refractivity contribution is 5.83. The van der Waals surface area contributed by atoms with Crippen molar-refractivity contribution in [2.45, 2.75) is 58.7 Å². The van der Waals surface area contributed by atoms with Crippen LogP contribution in [0.25, 0.3) is 10.9 Å². The third kappa shape index (κ3) is 6.53. The number of para-hydroxylation sites is 1. The number of carbonyl (C=O) groups excluding carboxylic acids is 1. The SMILES string of the molecule is CC(C)(C)CCc1nnc(C(Cc2c[nH]c3ccccc23)NC(=O)Cc2ccc(C(F)(F)F)cc2)o1. The molecule has 2 aromatic heterocycles. The molecule has 0 aliphatic rings. The van der Waals surface area contributed by atoms with Gasteiger partial charge in [0.25, 0.3) is 0 Å². The van der Waals surface area contributed by atoms with Crippen LogP contribution in [0.1, 0.15) is 61.7 Å². The lowest BCUT2D eigenvalue weighted by Crippen LogP contribution is -2.31. The predicted molar refractivity (Wildman–Crippen MR) is 130 cm³/mol. The number of aryl methyl sites for hydroxylation is 1. The monoisotopic (exact) mass is 498 g/mol. The first kappa shape index (κ1) is 25.5. The highest BCUT2D eigenvalue weighted by atomic mass is 19.4. The van der Waals surface area contributed by atoms with Gasteiger partial charge in [-0.1, -0.05) is 51.1 Å². The molecule has 0 aliphatic heterocycles. The zero-order valence-corrected chi connectivity index (χ0v) is 20.4. The van der Waals surface area contributed by atoms with Gasteiger partial charge in [-0.25, -0.2) is 0 Å². The van der Waals surface area contributed by atoms with Crippen LogP contribution >= 0.6 is 0 Å². The highest BCUT2D eigenvalue weighted by Gasteiger charge is 2.30. The van der Waals surface area contributed by atoms with E-state index in [0.717, 1.165) is 35.0 Å². The summed E-state index contributed by atoms with van der Waals surface area (Å²) in [5.41, 5.74) is 1.77. The molecular formula is C27H29F3N4O2. The normalized spacial score (nSPS) is 13.2. The van der Waals surface area contributed by atoms with Crippen molar-refractivity contribution < 1.29 is 22.4 Å². The standard InChI is InChI=1S/C27H29F3N4O2/c1-26(2,3)13-12-24-33-34-25(36-24)22(15-18-16-31-21-7-5-4-6-20(18)21)32-23(35)14-17-8-10-19(11-9-17)27(28,29)30/h4-11,16,22,31H,12-15H2,1-3H3,(H,32,35). The molecule has 2 aromatic carbocycles. The van der Waals surface area contributed by atoms with E-state index in [1.54, 1.807) is 0 Å². The van der Waals surface area contributed by atoms with E-state index in [2.05, 4.69) is 41.3 Å². The van der Waals surface area contributed by atoms with Crippen LogP contribution in [0.3, 0.4) is 0 Å². The fraction of sp³-hybridized carbons (Fsp3) is 0.370. The van der Waals surface area contributed by atoms with Gasteiger partial charge in [0, 0.05) is 29.9 Å². The van der Waals surface area contributed by atoms with E-state index in [9.17, 15) is 18.0 Å². The molecule has 1 amide bonds. The minimum absolute atomic E-state index is 0.0759. The second-order valence-corrected chi connectivity index (χ2v) is 10.1.